The van der Waals surface area contributed by atoms with E-state index in [0.29, 0.717) is 0 Å². The molecule has 0 fully saturated rings. The van der Waals surface area contributed by atoms with Gasteiger partial charge in [-0.3, -0.25) is 4.79 Å². The average Bonchev–Trinajstić information content (AvgIpc) is 2.31. The summed E-state index contributed by atoms with van der Waals surface area (Å²) in [7, 11) is 1.79. The van der Waals surface area contributed by atoms with E-state index in [2.05, 4.69) is 0 Å². The molecule has 0 radical (unpaired) electrons. The maximum atomic E-state index is 11.3. The van der Waals surface area contributed by atoms with Crippen molar-refractivity contribution in [2.45, 2.75) is 0 Å². The summed E-state index contributed by atoms with van der Waals surface area (Å²) < 4.78 is 1.67. The van der Waals surface area contributed by atoms with E-state index in [1.54, 1.807) is 11.6 Å². The lowest BCUT2D eigenvalue weighted by molar-refractivity contribution is 0.883. The lowest BCUT2D eigenvalue weighted by atomic mass is 10.2. The fourth-order valence-corrected chi connectivity index (χ4v) is 2.09. The lowest BCUT2D eigenvalue weighted by Crippen LogP contribution is -2.08. The summed E-state index contributed by atoms with van der Waals surface area (Å²) in [6, 6.07) is 0. The predicted molar refractivity (Wildman–Crippen MR) is 56.8 cm³/mol. The van der Waals surface area contributed by atoms with E-state index in [0.717, 1.165) is 10.6 Å². The topological polar surface area (TPSA) is 22.0 Å². The van der Waals surface area contributed by atoms with Crippen molar-refractivity contribution in [3.63, 3.8) is 0 Å². The number of thiazole rings is 1. The first-order chi connectivity index (χ1) is 6.29. The van der Waals surface area contributed by atoms with Crippen LogP contribution in [0.1, 0.15) is 10.6 Å². The molecule has 1 heterocycles. The zero-order chi connectivity index (χ0) is 9.26. The normalized spacial score (nSPS) is 21.3. The summed E-state index contributed by atoms with van der Waals surface area (Å²) in [6.45, 7) is 0. The van der Waals surface area contributed by atoms with E-state index >= 15 is 0 Å². The molecule has 0 aromatic carbocycles. The van der Waals surface area contributed by atoms with Gasteiger partial charge in [0.15, 0.2) is 0 Å². The minimum Gasteiger partial charge on any atom is -0.302 e. The van der Waals surface area contributed by atoms with Crippen LogP contribution in [-0.2, 0) is 7.05 Å². The van der Waals surface area contributed by atoms with Crippen LogP contribution in [-0.4, -0.2) is 4.57 Å². The first kappa shape index (κ1) is 8.26. The number of nitrogens with zero attached hydrogens (tertiary/aromatic N) is 1. The molecule has 0 N–H and O–H groups in total. The van der Waals surface area contributed by atoms with Crippen LogP contribution >= 0.6 is 11.3 Å². The molecule has 66 valence electrons. The highest BCUT2D eigenvalue weighted by Gasteiger charge is 2.06. The Kier molecular flexibility index (Phi) is 2.02. The molecule has 0 amide bonds. The number of rotatable bonds is 0. The van der Waals surface area contributed by atoms with Crippen LogP contribution in [0.4, 0.5) is 0 Å². The molecule has 0 bridgehead atoms. The van der Waals surface area contributed by atoms with E-state index in [1.165, 1.54) is 11.3 Å². The quantitative estimate of drug-likeness (QED) is 0.615. The Morgan fingerprint density at radius 3 is 2.62 bits per heavy atom. The molecule has 0 saturated carbocycles. The van der Waals surface area contributed by atoms with Crippen LogP contribution in [0.25, 0.3) is 12.2 Å². The maximum absolute atomic E-state index is 11.3. The molecule has 0 unspecified atom stereocenters. The van der Waals surface area contributed by atoms with Gasteiger partial charge in [-0.1, -0.05) is 35.6 Å². The largest absolute Gasteiger partial charge is 0.307 e. The summed E-state index contributed by atoms with van der Waals surface area (Å²) in [6.07, 6.45) is 11.7. The number of fused-ring (bicyclic) bond motifs is 1. The highest BCUT2D eigenvalue weighted by atomic mass is 32.1. The number of hydrogen-bond donors (Lipinski definition) is 0. The summed E-state index contributed by atoms with van der Waals surface area (Å²) >= 11 is 1.27. The second-order valence-electron chi connectivity index (χ2n) is 2.78. The average molecular weight is 191 g/mol. The molecule has 2 rings (SSSR count). The molecule has 13 heavy (non-hydrogen) atoms. The second-order valence-corrected chi connectivity index (χ2v) is 3.77. The summed E-state index contributed by atoms with van der Waals surface area (Å²) in [4.78, 5) is 12.4. The van der Waals surface area contributed by atoms with Gasteiger partial charge in [-0.15, -0.1) is 0 Å². The fourth-order valence-electron chi connectivity index (χ4n) is 1.21. The van der Waals surface area contributed by atoms with Gasteiger partial charge in [0.1, 0.15) is 0 Å². The third kappa shape index (κ3) is 1.42. The van der Waals surface area contributed by atoms with E-state index in [1.807, 2.05) is 36.5 Å². The first-order valence-corrected chi connectivity index (χ1v) is 4.82. The van der Waals surface area contributed by atoms with Gasteiger partial charge in [-0.05, 0) is 12.2 Å². The molecule has 3 heteroatoms. The molecule has 0 aliphatic heterocycles. The molecule has 0 saturated heterocycles. The van der Waals surface area contributed by atoms with Crippen LogP contribution in [0.3, 0.4) is 0 Å². The van der Waals surface area contributed by atoms with Gasteiger partial charge in [0.25, 0.3) is 0 Å². The number of aromatic nitrogens is 1. The van der Waals surface area contributed by atoms with Crippen LogP contribution < -0.4 is 4.87 Å². The maximum Gasteiger partial charge on any atom is 0.307 e. The Morgan fingerprint density at radius 1 is 1.15 bits per heavy atom. The molecule has 1 aliphatic rings. The van der Waals surface area contributed by atoms with Crippen molar-refractivity contribution in [2.75, 3.05) is 0 Å². The van der Waals surface area contributed by atoms with Crippen molar-refractivity contribution in [1.82, 2.24) is 4.57 Å². The van der Waals surface area contributed by atoms with Gasteiger partial charge in [0.2, 0.25) is 0 Å². The number of allylic oxidation sites excluding steroid dienone is 4. The number of hydrogen-bond acceptors (Lipinski definition) is 2. The van der Waals surface area contributed by atoms with E-state index in [4.69, 9.17) is 0 Å². The Bertz CT molecular complexity index is 460. The lowest BCUT2D eigenvalue weighted by Gasteiger charge is -1.96. The molecule has 1 aromatic heterocycles. The Labute approximate surface area is 80.1 Å². The van der Waals surface area contributed by atoms with Crippen molar-refractivity contribution in [1.29, 1.82) is 0 Å². The van der Waals surface area contributed by atoms with Crippen molar-refractivity contribution in [3.8, 4) is 0 Å². The van der Waals surface area contributed by atoms with E-state index in [9.17, 15) is 4.79 Å². The summed E-state index contributed by atoms with van der Waals surface area (Å²) in [5.74, 6) is 0. The Hall–Kier alpha value is -1.35. The smallest absolute Gasteiger partial charge is 0.302 e. The van der Waals surface area contributed by atoms with Crippen LogP contribution in [0, 0.1) is 0 Å². The van der Waals surface area contributed by atoms with Crippen LogP contribution in [0.15, 0.2) is 29.1 Å². The highest BCUT2D eigenvalue weighted by Crippen LogP contribution is 2.16. The van der Waals surface area contributed by atoms with Crippen molar-refractivity contribution < 1.29 is 0 Å². The van der Waals surface area contributed by atoms with Crippen molar-refractivity contribution in [2.24, 2.45) is 7.05 Å². The van der Waals surface area contributed by atoms with Gasteiger partial charge in [-0.2, -0.15) is 0 Å². The molecule has 0 atom stereocenters. The predicted octanol–water partition coefficient (Wildman–Crippen LogP) is 2.04. The van der Waals surface area contributed by atoms with Gasteiger partial charge >= 0.3 is 4.87 Å². The van der Waals surface area contributed by atoms with Crippen LogP contribution in [0.5, 0.6) is 0 Å². The van der Waals surface area contributed by atoms with Gasteiger partial charge in [-0.25, -0.2) is 0 Å². The Morgan fingerprint density at radius 2 is 1.85 bits per heavy atom. The Balaban J connectivity index is 2.69. The minimum absolute atomic E-state index is 0.0844. The highest BCUT2D eigenvalue weighted by molar-refractivity contribution is 7.10. The van der Waals surface area contributed by atoms with Crippen LogP contribution in [0.2, 0.25) is 0 Å². The van der Waals surface area contributed by atoms with Crippen molar-refractivity contribution >= 4 is 23.5 Å². The zero-order valence-electron chi connectivity index (χ0n) is 7.23. The SMILES string of the molecule is Cn1c2c(sc1=O)\C=C/C=C\C=C/2. The van der Waals surface area contributed by atoms with Gasteiger partial charge < -0.3 is 4.57 Å². The van der Waals surface area contributed by atoms with Gasteiger partial charge in [0, 0.05) is 7.05 Å². The fraction of sp³-hybridized carbons (Fsp3) is 0.100. The molecular formula is C10H9NOS. The zero-order valence-corrected chi connectivity index (χ0v) is 8.04. The molecule has 1 aliphatic carbocycles. The molecular weight excluding hydrogens is 182 g/mol. The van der Waals surface area contributed by atoms with E-state index in [-0.39, 0.29) is 4.87 Å². The summed E-state index contributed by atoms with van der Waals surface area (Å²) in [5, 5.41) is 0. The van der Waals surface area contributed by atoms with Gasteiger partial charge in [0.05, 0.1) is 10.6 Å². The molecule has 0 spiro atoms. The molecule has 1 aromatic rings. The third-order valence-electron chi connectivity index (χ3n) is 1.92. The summed E-state index contributed by atoms with van der Waals surface area (Å²) in [5.41, 5.74) is 0.982. The van der Waals surface area contributed by atoms with Crippen molar-refractivity contribution in [3.05, 3.63) is 44.5 Å². The molecule has 2 nitrogen and oxygen atoms in total. The standard InChI is InChI=1S/C10H9NOS/c1-11-8-6-4-2-3-5-7-9(8)13-10(11)12/h2-7H,1H3/b3-2-,4-2?,5-3?,6-4-,7-5-,8-6?,9-7?. The third-order valence-corrected chi connectivity index (χ3v) is 2.93. The monoisotopic (exact) mass is 191 g/mol. The van der Waals surface area contributed by atoms with E-state index < -0.39 is 0 Å². The first-order valence-electron chi connectivity index (χ1n) is 4.00. The second kappa shape index (κ2) is 3.18. The minimum atomic E-state index is 0.0844.